The van der Waals surface area contributed by atoms with E-state index in [1.807, 2.05) is 68.4 Å². The minimum atomic E-state index is -0.677. The lowest BCUT2D eigenvalue weighted by molar-refractivity contribution is 0.334. The highest BCUT2D eigenvalue weighted by atomic mass is 19.1. The number of benzene rings is 3. The molecule has 0 saturated heterocycles. The van der Waals surface area contributed by atoms with Crippen LogP contribution in [0.3, 0.4) is 0 Å². The monoisotopic (exact) mass is 496 g/mol. The van der Waals surface area contributed by atoms with E-state index in [1.54, 1.807) is 17.8 Å². The predicted molar refractivity (Wildman–Crippen MR) is 145 cm³/mol. The summed E-state index contributed by atoms with van der Waals surface area (Å²) in [5.41, 5.74) is 15.8. The number of pyridine rings is 1. The third-order valence-electron chi connectivity index (χ3n) is 6.46. The number of anilines is 2. The summed E-state index contributed by atoms with van der Waals surface area (Å²) in [5.74, 6) is 0.867. The summed E-state index contributed by atoms with van der Waals surface area (Å²) in [4.78, 5) is 9.58. The van der Waals surface area contributed by atoms with Crippen molar-refractivity contribution in [1.82, 2.24) is 19.7 Å². The van der Waals surface area contributed by atoms with Crippen LogP contribution >= 0.6 is 0 Å². The number of hydrogen-bond acceptors (Lipinski definition) is 6. The second-order valence-corrected chi connectivity index (χ2v) is 8.90. The number of hydrogen-bond donors (Lipinski definition) is 2. The Kier molecular flexibility index (Phi) is 6.48. The molecule has 1 atom stereocenters. The first-order valence-corrected chi connectivity index (χ1v) is 12.3. The first-order chi connectivity index (χ1) is 17.9. The fourth-order valence-corrected chi connectivity index (χ4v) is 4.67. The van der Waals surface area contributed by atoms with E-state index < -0.39 is 11.7 Å². The van der Waals surface area contributed by atoms with Gasteiger partial charge in [-0.15, -0.1) is 0 Å². The number of nitrogens with two attached hydrogens (primary N) is 2. The van der Waals surface area contributed by atoms with Crippen molar-refractivity contribution in [2.24, 2.45) is 7.05 Å². The largest absolute Gasteiger partial charge is 0.493 e. The zero-order valence-corrected chi connectivity index (χ0v) is 21.1. The van der Waals surface area contributed by atoms with Gasteiger partial charge in [0.25, 0.3) is 0 Å². The van der Waals surface area contributed by atoms with Gasteiger partial charge in [-0.3, -0.25) is 4.68 Å². The average molecular weight is 497 g/mol. The lowest BCUT2D eigenvalue weighted by Crippen LogP contribution is -2.15. The fraction of sp³-hybridized carbons (Fsp3) is 0.207. The Bertz CT molecular complexity index is 1580. The third kappa shape index (κ3) is 4.58. The van der Waals surface area contributed by atoms with Crippen molar-refractivity contribution in [2.45, 2.75) is 26.2 Å². The Morgan fingerprint density at radius 1 is 0.973 bits per heavy atom. The maximum atomic E-state index is 15.8. The van der Waals surface area contributed by atoms with Crippen LogP contribution in [0.15, 0.2) is 66.7 Å². The van der Waals surface area contributed by atoms with Crippen LogP contribution in [-0.4, -0.2) is 26.4 Å². The molecule has 3 aromatic carbocycles. The van der Waals surface area contributed by atoms with Gasteiger partial charge in [0.1, 0.15) is 23.2 Å². The molecule has 0 aliphatic rings. The van der Waals surface area contributed by atoms with Crippen molar-refractivity contribution < 1.29 is 9.13 Å². The van der Waals surface area contributed by atoms with E-state index in [2.05, 4.69) is 5.10 Å². The van der Waals surface area contributed by atoms with Gasteiger partial charge in [0, 0.05) is 35.3 Å². The van der Waals surface area contributed by atoms with Crippen molar-refractivity contribution in [3.05, 3.63) is 95.2 Å². The molecule has 1 unspecified atom stereocenters. The summed E-state index contributed by atoms with van der Waals surface area (Å²) in [6.07, 6.45) is 0.674. The van der Waals surface area contributed by atoms with Crippen molar-refractivity contribution in [2.75, 3.05) is 18.1 Å². The zero-order chi connectivity index (χ0) is 26.1. The van der Waals surface area contributed by atoms with Crippen LogP contribution in [-0.2, 0) is 13.5 Å². The van der Waals surface area contributed by atoms with E-state index in [9.17, 15) is 0 Å². The number of aromatic nitrogens is 4. The Hall–Kier alpha value is -4.46. The molecule has 2 heterocycles. The minimum Gasteiger partial charge on any atom is -0.493 e. The predicted octanol–water partition coefficient (Wildman–Crippen LogP) is 5.48. The molecular weight excluding hydrogens is 467 g/mol. The van der Waals surface area contributed by atoms with E-state index in [4.69, 9.17) is 26.2 Å². The zero-order valence-electron chi connectivity index (χ0n) is 21.1. The summed E-state index contributed by atoms with van der Waals surface area (Å²) in [7, 11) is 1.80. The number of ether oxygens (including phenoxy) is 1. The topological polar surface area (TPSA) is 105 Å². The Morgan fingerprint density at radius 3 is 2.49 bits per heavy atom. The van der Waals surface area contributed by atoms with Gasteiger partial charge >= 0.3 is 0 Å². The summed E-state index contributed by atoms with van der Waals surface area (Å²) in [6.45, 7) is 4.34. The van der Waals surface area contributed by atoms with Crippen LogP contribution < -0.4 is 16.2 Å². The fourth-order valence-electron chi connectivity index (χ4n) is 4.67. The second kappa shape index (κ2) is 9.89. The number of halogens is 1. The van der Waals surface area contributed by atoms with Crippen LogP contribution in [0.25, 0.3) is 22.2 Å². The molecule has 0 radical (unpaired) electrons. The number of nitrogens with zero attached hydrogens (tertiary/aromatic N) is 4. The van der Waals surface area contributed by atoms with E-state index in [-0.39, 0.29) is 0 Å². The molecule has 0 fully saturated rings. The lowest BCUT2D eigenvalue weighted by atomic mass is 9.90. The molecule has 4 N–H and O–H groups in total. The van der Waals surface area contributed by atoms with Gasteiger partial charge < -0.3 is 16.2 Å². The normalized spacial score (nSPS) is 12.1. The molecule has 0 spiro atoms. The second-order valence-electron chi connectivity index (χ2n) is 8.90. The lowest BCUT2D eigenvalue weighted by Gasteiger charge is -2.20. The quantitative estimate of drug-likeness (QED) is 0.289. The number of nitrogen functional groups attached to an aromatic ring is 2. The van der Waals surface area contributed by atoms with Gasteiger partial charge in [-0.2, -0.15) is 5.10 Å². The summed E-state index contributed by atoms with van der Waals surface area (Å²) >= 11 is 0. The van der Waals surface area contributed by atoms with Gasteiger partial charge in [0.15, 0.2) is 5.82 Å². The van der Waals surface area contributed by atoms with E-state index in [0.717, 1.165) is 21.9 Å². The van der Waals surface area contributed by atoms with Crippen molar-refractivity contribution in [3.8, 4) is 17.1 Å². The van der Waals surface area contributed by atoms with E-state index in [1.165, 1.54) is 6.07 Å². The van der Waals surface area contributed by atoms with Gasteiger partial charge in [-0.05, 0) is 54.6 Å². The van der Waals surface area contributed by atoms with Crippen molar-refractivity contribution in [3.63, 3.8) is 0 Å². The molecule has 0 aliphatic carbocycles. The van der Waals surface area contributed by atoms with Crippen LogP contribution in [0.5, 0.6) is 5.75 Å². The number of fused-ring (bicyclic) bond motifs is 1. The number of aryl methyl sites for hydroxylation is 2. The molecule has 7 nitrogen and oxygen atoms in total. The van der Waals surface area contributed by atoms with E-state index in [0.29, 0.717) is 53.2 Å². The van der Waals surface area contributed by atoms with Crippen LogP contribution in [0, 0.1) is 5.82 Å². The van der Waals surface area contributed by atoms with Gasteiger partial charge in [0.05, 0.1) is 18.2 Å². The van der Waals surface area contributed by atoms with Gasteiger partial charge in [0.2, 0.25) is 0 Å². The molecule has 8 heteroatoms. The number of rotatable bonds is 7. The van der Waals surface area contributed by atoms with Crippen LogP contribution in [0.1, 0.15) is 42.4 Å². The maximum Gasteiger partial charge on any atom is 0.181 e. The highest BCUT2D eigenvalue weighted by Crippen LogP contribution is 2.37. The maximum absolute atomic E-state index is 15.8. The van der Waals surface area contributed by atoms with Gasteiger partial charge in [-0.1, -0.05) is 37.3 Å². The molecule has 0 aliphatic heterocycles. The highest BCUT2D eigenvalue weighted by Gasteiger charge is 2.29. The van der Waals surface area contributed by atoms with Crippen LogP contribution in [0.2, 0.25) is 0 Å². The SMILES string of the molecule is CCOc1cc(F)c(C(c2cc3cc(N)ccc3c(N)n2)c2nc(-c3ccccc3)nn2C)cc1CC. The molecule has 2 aromatic heterocycles. The Morgan fingerprint density at radius 2 is 1.76 bits per heavy atom. The molecule has 0 saturated carbocycles. The molecule has 0 amide bonds. The summed E-state index contributed by atoms with van der Waals surface area (Å²) < 4.78 is 23.2. The first kappa shape index (κ1) is 24.2. The third-order valence-corrected chi connectivity index (χ3v) is 6.46. The first-order valence-electron chi connectivity index (χ1n) is 12.3. The Labute approximate surface area is 214 Å². The van der Waals surface area contributed by atoms with Crippen molar-refractivity contribution in [1.29, 1.82) is 0 Å². The van der Waals surface area contributed by atoms with Gasteiger partial charge in [-0.25, -0.2) is 14.4 Å². The Balaban J connectivity index is 1.76. The molecular formula is C29H29FN6O. The highest BCUT2D eigenvalue weighted by molar-refractivity contribution is 5.93. The van der Waals surface area contributed by atoms with Crippen molar-refractivity contribution >= 4 is 22.3 Å². The average Bonchev–Trinajstić information content (AvgIpc) is 3.27. The van der Waals surface area contributed by atoms with Crippen LogP contribution in [0.4, 0.5) is 15.9 Å². The summed E-state index contributed by atoms with van der Waals surface area (Å²) in [6, 6.07) is 20.3. The molecule has 37 heavy (non-hydrogen) atoms. The standard InChI is InChI=1S/C29H29FN6O/c1-4-17-14-22(23(30)16-25(17)37-5-2)26(24-15-19-13-20(31)11-12-21(19)27(32)33-24)29-34-28(35-36(29)3)18-9-7-6-8-10-18/h6-16,26H,4-5,31H2,1-3H3,(H2,32,33). The minimum absolute atomic E-state index is 0.338. The molecule has 188 valence electrons. The molecule has 5 rings (SSSR count). The molecule has 0 bridgehead atoms. The smallest absolute Gasteiger partial charge is 0.181 e. The summed E-state index contributed by atoms with van der Waals surface area (Å²) in [5, 5.41) is 6.25. The van der Waals surface area contributed by atoms with E-state index >= 15 is 4.39 Å². The molecule has 5 aromatic rings.